The molecule has 1 aliphatic rings. The number of ether oxygens (including phenoxy) is 4. The number of carbonyl (C=O) groups excluding carboxylic acids is 1. The van der Waals surface area contributed by atoms with Crippen molar-refractivity contribution in [2.45, 2.75) is 26.5 Å². The number of methoxy groups -OCH3 is 3. The summed E-state index contributed by atoms with van der Waals surface area (Å²) in [6.07, 6.45) is 1.76. The quantitative estimate of drug-likeness (QED) is 0.264. The molecule has 0 saturated carbocycles. The largest absolute Gasteiger partial charge is 0.496 e. The van der Waals surface area contributed by atoms with Gasteiger partial charge in [0.05, 0.1) is 37.1 Å². The molecule has 5 rings (SSSR count). The van der Waals surface area contributed by atoms with Crippen LogP contribution in [-0.4, -0.2) is 31.9 Å². The maximum absolute atomic E-state index is 13.9. The number of hydrogen-bond donors (Lipinski definition) is 0. The van der Waals surface area contributed by atoms with Crippen LogP contribution >= 0.6 is 22.9 Å². The Kier molecular flexibility index (Phi) is 8.51. The average molecular weight is 605 g/mol. The van der Waals surface area contributed by atoms with E-state index in [1.54, 1.807) is 38.3 Å². The number of nitrogens with zero attached hydrogens (tertiary/aromatic N) is 2. The molecule has 0 saturated heterocycles. The highest BCUT2D eigenvalue weighted by Crippen LogP contribution is 2.37. The van der Waals surface area contributed by atoms with Crippen molar-refractivity contribution in [2.24, 2.45) is 4.99 Å². The van der Waals surface area contributed by atoms with E-state index in [4.69, 9.17) is 30.5 Å². The topological polar surface area (TPSA) is 88.4 Å². The van der Waals surface area contributed by atoms with Crippen molar-refractivity contribution in [1.29, 1.82) is 0 Å². The fraction of sp³-hybridized carbons (Fsp3) is 0.219. The number of rotatable bonds is 8. The van der Waals surface area contributed by atoms with E-state index in [0.29, 0.717) is 49.5 Å². The molecule has 2 heterocycles. The predicted molar refractivity (Wildman–Crippen MR) is 162 cm³/mol. The van der Waals surface area contributed by atoms with Gasteiger partial charge in [0.25, 0.3) is 5.56 Å². The molecule has 0 radical (unpaired) electrons. The molecule has 0 bridgehead atoms. The number of esters is 1. The number of allylic oxidation sites excluding steroid dienone is 1. The molecule has 8 nitrogen and oxygen atoms in total. The van der Waals surface area contributed by atoms with Gasteiger partial charge in [-0.25, -0.2) is 9.79 Å². The van der Waals surface area contributed by atoms with Gasteiger partial charge in [-0.05, 0) is 61.4 Å². The highest BCUT2D eigenvalue weighted by Gasteiger charge is 2.35. The molecule has 0 fully saturated rings. The van der Waals surface area contributed by atoms with E-state index >= 15 is 0 Å². The number of aryl methyl sites for hydroxylation is 1. The molecule has 0 spiro atoms. The first-order chi connectivity index (χ1) is 20.2. The zero-order valence-electron chi connectivity index (χ0n) is 23.8. The molecule has 0 aliphatic carbocycles. The van der Waals surface area contributed by atoms with Crippen LogP contribution in [0.3, 0.4) is 0 Å². The zero-order chi connectivity index (χ0) is 30.0. The molecule has 3 aromatic carbocycles. The van der Waals surface area contributed by atoms with Crippen LogP contribution in [-0.2, 0) is 16.1 Å². The first-order valence-corrected chi connectivity index (χ1v) is 14.2. The second-order valence-electron chi connectivity index (χ2n) is 9.64. The maximum atomic E-state index is 13.9. The molecule has 4 aromatic rings. The van der Waals surface area contributed by atoms with E-state index in [2.05, 4.69) is 4.99 Å². The van der Waals surface area contributed by atoms with E-state index in [1.807, 2.05) is 49.4 Å². The summed E-state index contributed by atoms with van der Waals surface area (Å²) in [5.41, 5.74) is 3.86. The van der Waals surface area contributed by atoms with Crippen LogP contribution in [0.2, 0.25) is 5.02 Å². The van der Waals surface area contributed by atoms with Gasteiger partial charge in [-0.15, -0.1) is 0 Å². The molecule has 216 valence electrons. The third kappa shape index (κ3) is 5.70. The lowest BCUT2D eigenvalue weighted by atomic mass is 9.95. The summed E-state index contributed by atoms with van der Waals surface area (Å²) in [7, 11) is 4.38. The highest BCUT2D eigenvalue weighted by atomic mass is 35.5. The van der Waals surface area contributed by atoms with Gasteiger partial charge in [0, 0.05) is 10.6 Å². The average Bonchev–Trinajstić information content (AvgIpc) is 3.29. The number of thiazole rings is 1. The molecule has 42 heavy (non-hydrogen) atoms. The fourth-order valence-electron chi connectivity index (χ4n) is 4.80. The number of fused-ring (bicyclic) bond motifs is 1. The fourth-order valence-corrected chi connectivity index (χ4v) is 6.02. The molecule has 0 amide bonds. The van der Waals surface area contributed by atoms with Crippen molar-refractivity contribution < 1.29 is 23.7 Å². The van der Waals surface area contributed by atoms with Crippen molar-refractivity contribution in [3.63, 3.8) is 0 Å². The molecular formula is C32H29ClN2O6S. The summed E-state index contributed by atoms with van der Waals surface area (Å²) in [4.78, 5) is 31.9. The molecule has 10 heteroatoms. The number of carbonyl (C=O) groups is 1. The number of hydrogen-bond acceptors (Lipinski definition) is 8. The van der Waals surface area contributed by atoms with Crippen molar-refractivity contribution in [2.75, 3.05) is 21.3 Å². The summed E-state index contributed by atoms with van der Waals surface area (Å²) >= 11 is 7.57. The zero-order valence-corrected chi connectivity index (χ0v) is 25.3. The van der Waals surface area contributed by atoms with Crippen LogP contribution in [0.4, 0.5) is 0 Å². The monoisotopic (exact) mass is 604 g/mol. The van der Waals surface area contributed by atoms with Gasteiger partial charge in [0.15, 0.2) is 16.3 Å². The second-order valence-corrected chi connectivity index (χ2v) is 11.1. The molecule has 1 aromatic heterocycles. The molecule has 0 unspecified atom stereocenters. The first kappa shape index (κ1) is 29.2. The minimum Gasteiger partial charge on any atom is -0.496 e. The standard InChI is InChI=1S/C32H29ClN2O6S/c1-18-6-8-20(9-7-18)17-41-25-12-10-21(14-26(25)39-4)15-27-30(36)35-29(23-16-22(33)11-13-24(23)38-3)28(31(37)40-5)19(2)34-32(35)42-27/h6-16,29H,17H2,1-5H3/b27-15-/t29-/m0/s1. The van der Waals surface area contributed by atoms with Gasteiger partial charge in [-0.1, -0.05) is 58.8 Å². The third-order valence-corrected chi connectivity index (χ3v) is 8.13. The molecule has 1 atom stereocenters. The number of benzene rings is 3. The van der Waals surface area contributed by atoms with Crippen molar-refractivity contribution in [3.05, 3.63) is 119 Å². The van der Waals surface area contributed by atoms with E-state index in [1.165, 1.54) is 35.7 Å². The molecular weight excluding hydrogens is 576 g/mol. The second kappa shape index (κ2) is 12.3. The smallest absolute Gasteiger partial charge is 0.338 e. The van der Waals surface area contributed by atoms with Crippen molar-refractivity contribution in [1.82, 2.24) is 4.57 Å². The maximum Gasteiger partial charge on any atom is 0.338 e. The Bertz CT molecular complexity index is 1870. The normalized spacial score (nSPS) is 14.7. The Morgan fingerprint density at radius 1 is 0.976 bits per heavy atom. The first-order valence-electron chi connectivity index (χ1n) is 13.0. The third-order valence-electron chi connectivity index (χ3n) is 6.91. The summed E-state index contributed by atoms with van der Waals surface area (Å²) < 4.78 is 24.2. The summed E-state index contributed by atoms with van der Waals surface area (Å²) in [5.74, 6) is 1.00. The Labute approximate surface area is 251 Å². The van der Waals surface area contributed by atoms with E-state index in [0.717, 1.165) is 11.1 Å². The summed E-state index contributed by atoms with van der Waals surface area (Å²) in [6.45, 7) is 4.15. The minimum absolute atomic E-state index is 0.230. The Morgan fingerprint density at radius 3 is 2.38 bits per heavy atom. The van der Waals surface area contributed by atoms with Crippen LogP contribution < -0.4 is 29.1 Å². The Hall–Kier alpha value is -4.34. The predicted octanol–water partition coefficient (Wildman–Crippen LogP) is 4.97. The number of halogens is 1. The van der Waals surface area contributed by atoms with Gasteiger partial charge in [-0.3, -0.25) is 9.36 Å². The Balaban J connectivity index is 1.57. The van der Waals surface area contributed by atoms with Crippen molar-refractivity contribution in [3.8, 4) is 17.2 Å². The van der Waals surface area contributed by atoms with E-state index < -0.39 is 12.0 Å². The van der Waals surface area contributed by atoms with Gasteiger partial charge < -0.3 is 18.9 Å². The van der Waals surface area contributed by atoms with Crippen LogP contribution in [0.1, 0.15) is 35.2 Å². The summed E-state index contributed by atoms with van der Waals surface area (Å²) in [5, 5.41) is 0.434. The lowest BCUT2D eigenvalue weighted by Crippen LogP contribution is -2.40. The van der Waals surface area contributed by atoms with Crippen molar-refractivity contribution >= 4 is 35.0 Å². The van der Waals surface area contributed by atoms with Gasteiger partial charge in [0.1, 0.15) is 18.4 Å². The van der Waals surface area contributed by atoms with Crippen LogP contribution in [0, 0.1) is 6.92 Å². The van der Waals surface area contributed by atoms with Gasteiger partial charge >= 0.3 is 5.97 Å². The van der Waals surface area contributed by atoms with Gasteiger partial charge in [-0.2, -0.15) is 0 Å². The van der Waals surface area contributed by atoms with Crippen LogP contribution in [0.25, 0.3) is 6.08 Å². The lowest BCUT2D eigenvalue weighted by molar-refractivity contribution is -0.136. The SMILES string of the molecule is COC(=O)C1=C(C)N=c2s/c(=C\c3ccc(OCc4ccc(C)cc4)c(OC)c3)c(=O)n2[C@H]1c1cc(Cl)ccc1OC. The molecule has 0 N–H and O–H groups in total. The summed E-state index contributed by atoms with van der Waals surface area (Å²) in [6, 6.07) is 17.8. The number of aromatic nitrogens is 1. The van der Waals surface area contributed by atoms with E-state index in [9.17, 15) is 9.59 Å². The van der Waals surface area contributed by atoms with Crippen LogP contribution in [0.15, 0.2) is 81.7 Å². The van der Waals surface area contributed by atoms with Gasteiger partial charge in [0.2, 0.25) is 0 Å². The lowest BCUT2D eigenvalue weighted by Gasteiger charge is -2.25. The molecule has 1 aliphatic heterocycles. The minimum atomic E-state index is -0.850. The Morgan fingerprint density at radius 2 is 1.69 bits per heavy atom. The highest BCUT2D eigenvalue weighted by molar-refractivity contribution is 7.07. The van der Waals surface area contributed by atoms with Crippen LogP contribution in [0.5, 0.6) is 17.2 Å². The van der Waals surface area contributed by atoms with E-state index in [-0.39, 0.29) is 11.1 Å².